The van der Waals surface area contributed by atoms with E-state index >= 15 is 0 Å². The molecular formula is C20H25N3O4. The summed E-state index contributed by atoms with van der Waals surface area (Å²) in [5, 5.41) is 15.7. The van der Waals surface area contributed by atoms with Gasteiger partial charge in [-0.1, -0.05) is 18.2 Å². The number of aliphatic hydroxyl groups excluding tert-OH is 1. The molecule has 0 amide bonds. The van der Waals surface area contributed by atoms with Crippen molar-refractivity contribution in [2.24, 2.45) is 0 Å². The summed E-state index contributed by atoms with van der Waals surface area (Å²) in [6.45, 7) is 4.07. The second kappa shape index (κ2) is 7.43. The maximum atomic E-state index is 11.1. The molecule has 5 unspecified atom stereocenters. The third kappa shape index (κ3) is 3.35. The molecule has 0 radical (unpaired) electrons. The number of pyridine rings is 1. The van der Waals surface area contributed by atoms with Gasteiger partial charge in [0.05, 0.1) is 43.5 Å². The highest BCUT2D eigenvalue weighted by atomic mass is 16.7. The van der Waals surface area contributed by atoms with Gasteiger partial charge in [0.25, 0.3) is 0 Å². The van der Waals surface area contributed by atoms with Crippen LogP contribution in [-0.2, 0) is 20.8 Å². The van der Waals surface area contributed by atoms with Crippen LogP contribution in [0.3, 0.4) is 0 Å². The fourth-order valence-corrected chi connectivity index (χ4v) is 4.37. The van der Waals surface area contributed by atoms with E-state index in [1.807, 2.05) is 24.4 Å². The molecule has 5 atom stereocenters. The maximum absolute atomic E-state index is 11.1. The second-order valence-electron chi connectivity index (χ2n) is 7.45. The van der Waals surface area contributed by atoms with E-state index < -0.39 is 6.10 Å². The molecule has 7 nitrogen and oxygen atoms in total. The van der Waals surface area contributed by atoms with Gasteiger partial charge < -0.3 is 24.6 Å². The molecule has 7 heteroatoms. The van der Waals surface area contributed by atoms with E-state index in [1.165, 1.54) is 0 Å². The smallest absolute Gasteiger partial charge is 0.176 e. The van der Waals surface area contributed by atoms with Gasteiger partial charge in [-0.2, -0.15) is 0 Å². The molecule has 2 N–H and O–H groups in total. The number of hydrogen-bond acceptors (Lipinski definition) is 7. The maximum Gasteiger partial charge on any atom is 0.176 e. The Hall–Kier alpha value is -1.61. The topological polar surface area (TPSA) is 76.1 Å². The van der Waals surface area contributed by atoms with E-state index in [2.05, 4.69) is 27.3 Å². The van der Waals surface area contributed by atoms with Crippen molar-refractivity contribution in [3.63, 3.8) is 0 Å². The van der Waals surface area contributed by atoms with E-state index in [9.17, 15) is 5.11 Å². The number of ether oxygens (including phenoxy) is 3. The standard InChI is InChI=1S/C20H25N3O4/c24-19-17(22-11-13-9-14-3-1-2-4-15(14)21-10-13)16-12-26-20(27-16)18(19)23-5-7-25-8-6-23/h1-4,9-10,16-20,22,24H,5-8,11-12H2. The molecule has 0 spiro atoms. The molecule has 3 saturated heterocycles. The van der Waals surface area contributed by atoms with Crippen molar-refractivity contribution in [3.8, 4) is 0 Å². The van der Waals surface area contributed by atoms with E-state index in [0.29, 0.717) is 26.4 Å². The van der Waals surface area contributed by atoms with E-state index in [-0.39, 0.29) is 24.5 Å². The Labute approximate surface area is 158 Å². The van der Waals surface area contributed by atoms with Crippen LogP contribution in [0.2, 0.25) is 0 Å². The van der Waals surface area contributed by atoms with Crippen LogP contribution in [0.5, 0.6) is 0 Å². The van der Waals surface area contributed by atoms with Gasteiger partial charge in [-0.25, -0.2) is 0 Å². The van der Waals surface area contributed by atoms with Gasteiger partial charge in [-0.3, -0.25) is 9.88 Å². The molecule has 3 aliphatic rings. The first kappa shape index (κ1) is 17.5. The zero-order valence-electron chi connectivity index (χ0n) is 15.2. The van der Waals surface area contributed by atoms with Gasteiger partial charge in [0.1, 0.15) is 6.10 Å². The number of benzene rings is 1. The number of aliphatic hydroxyl groups is 1. The Kier molecular flexibility index (Phi) is 4.81. The monoisotopic (exact) mass is 371 g/mol. The fraction of sp³-hybridized carbons (Fsp3) is 0.550. The molecule has 1 aromatic heterocycles. The van der Waals surface area contributed by atoms with E-state index in [0.717, 1.165) is 29.6 Å². The van der Waals surface area contributed by atoms with Gasteiger partial charge >= 0.3 is 0 Å². The molecule has 144 valence electrons. The first-order valence-corrected chi connectivity index (χ1v) is 9.63. The molecule has 4 heterocycles. The molecule has 2 bridgehead atoms. The lowest BCUT2D eigenvalue weighted by Gasteiger charge is -2.45. The predicted octanol–water partition coefficient (Wildman–Crippen LogP) is 0.510. The third-order valence-corrected chi connectivity index (χ3v) is 5.79. The minimum atomic E-state index is -0.553. The second-order valence-corrected chi connectivity index (χ2v) is 7.45. The Morgan fingerprint density at radius 1 is 1.22 bits per heavy atom. The number of rotatable bonds is 4. The summed E-state index contributed by atoms with van der Waals surface area (Å²) >= 11 is 0. The summed E-state index contributed by atoms with van der Waals surface area (Å²) in [6.07, 6.45) is 0.848. The SMILES string of the molecule is OC1C(NCc2cnc3ccccc3c2)C2COC(O2)C1N1CCOCC1. The first-order valence-electron chi connectivity index (χ1n) is 9.63. The average molecular weight is 371 g/mol. The van der Waals surface area contributed by atoms with Crippen molar-refractivity contribution in [1.82, 2.24) is 15.2 Å². The molecule has 0 aliphatic carbocycles. The van der Waals surface area contributed by atoms with Crippen molar-refractivity contribution in [2.45, 2.75) is 37.1 Å². The highest BCUT2D eigenvalue weighted by molar-refractivity contribution is 5.78. The van der Waals surface area contributed by atoms with Gasteiger partial charge in [0.15, 0.2) is 6.29 Å². The van der Waals surface area contributed by atoms with Gasteiger partial charge in [0, 0.05) is 31.2 Å². The Morgan fingerprint density at radius 2 is 2.07 bits per heavy atom. The molecule has 1 aromatic carbocycles. The number of para-hydroxylation sites is 1. The van der Waals surface area contributed by atoms with Crippen molar-refractivity contribution in [1.29, 1.82) is 0 Å². The predicted molar refractivity (Wildman–Crippen MR) is 99.2 cm³/mol. The lowest BCUT2D eigenvalue weighted by molar-refractivity contribution is -0.191. The summed E-state index contributed by atoms with van der Waals surface area (Å²) in [6, 6.07) is 9.87. The van der Waals surface area contributed by atoms with Gasteiger partial charge in [-0.05, 0) is 17.7 Å². The number of nitrogens with one attached hydrogen (secondary N) is 1. The summed E-state index contributed by atoms with van der Waals surface area (Å²) < 4.78 is 17.3. The number of hydrogen-bond donors (Lipinski definition) is 2. The molecule has 3 aliphatic heterocycles. The van der Waals surface area contributed by atoms with Crippen LogP contribution < -0.4 is 5.32 Å². The summed E-state index contributed by atoms with van der Waals surface area (Å²) in [7, 11) is 0. The summed E-state index contributed by atoms with van der Waals surface area (Å²) in [5.74, 6) is 0. The fourth-order valence-electron chi connectivity index (χ4n) is 4.37. The Balaban J connectivity index is 1.31. The molecular weight excluding hydrogens is 346 g/mol. The largest absolute Gasteiger partial charge is 0.390 e. The van der Waals surface area contributed by atoms with Crippen LogP contribution in [-0.4, -0.2) is 78.5 Å². The van der Waals surface area contributed by atoms with Gasteiger partial charge in [-0.15, -0.1) is 0 Å². The van der Waals surface area contributed by atoms with Crippen LogP contribution in [0.1, 0.15) is 5.56 Å². The van der Waals surface area contributed by atoms with Crippen molar-refractivity contribution in [2.75, 3.05) is 32.9 Å². The van der Waals surface area contributed by atoms with Gasteiger partial charge in [0.2, 0.25) is 0 Å². The van der Waals surface area contributed by atoms with Crippen LogP contribution >= 0.6 is 0 Å². The normalized spacial score (nSPS) is 34.2. The summed E-state index contributed by atoms with van der Waals surface area (Å²) in [5.41, 5.74) is 2.08. The van der Waals surface area contributed by atoms with Crippen LogP contribution in [0.15, 0.2) is 36.5 Å². The minimum Gasteiger partial charge on any atom is -0.390 e. The lowest BCUT2D eigenvalue weighted by Crippen LogP contribution is -2.65. The third-order valence-electron chi connectivity index (χ3n) is 5.79. The van der Waals surface area contributed by atoms with E-state index in [1.54, 1.807) is 0 Å². The highest BCUT2D eigenvalue weighted by Gasteiger charge is 2.52. The number of aromatic nitrogens is 1. The van der Waals surface area contributed by atoms with Crippen LogP contribution in [0, 0.1) is 0 Å². The van der Waals surface area contributed by atoms with E-state index in [4.69, 9.17) is 14.2 Å². The van der Waals surface area contributed by atoms with Crippen molar-refractivity contribution >= 4 is 10.9 Å². The molecule has 2 aromatic rings. The average Bonchev–Trinajstić information content (AvgIpc) is 3.13. The van der Waals surface area contributed by atoms with Crippen LogP contribution in [0.25, 0.3) is 10.9 Å². The Bertz CT molecular complexity index is 798. The molecule has 0 saturated carbocycles. The zero-order valence-corrected chi connectivity index (χ0v) is 15.2. The first-order chi connectivity index (χ1) is 13.3. The van der Waals surface area contributed by atoms with Crippen molar-refractivity contribution < 1.29 is 19.3 Å². The van der Waals surface area contributed by atoms with Crippen LogP contribution in [0.4, 0.5) is 0 Å². The molecule has 3 fully saturated rings. The number of morpholine rings is 1. The highest BCUT2D eigenvalue weighted by Crippen LogP contribution is 2.32. The zero-order chi connectivity index (χ0) is 18.2. The number of nitrogens with zero attached hydrogens (tertiary/aromatic N) is 2. The number of fused-ring (bicyclic) bond motifs is 3. The quantitative estimate of drug-likeness (QED) is 0.811. The molecule has 27 heavy (non-hydrogen) atoms. The lowest BCUT2D eigenvalue weighted by atomic mass is 9.94. The Morgan fingerprint density at radius 3 is 2.96 bits per heavy atom. The molecule has 5 rings (SSSR count). The summed E-state index contributed by atoms with van der Waals surface area (Å²) in [4.78, 5) is 6.75. The minimum absolute atomic E-state index is 0.129. The van der Waals surface area contributed by atoms with Crippen molar-refractivity contribution in [3.05, 3.63) is 42.1 Å².